The molecule has 3 rings (SSSR count). The first-order valence-corrected chi connectivity index (χ1v) is 8.25. The number of hydrogen-bond acceptors (Lipinski definition) is 6. The third kappa shape index (κ3) is 3.15. The van der Waals surface area contributed by atoms with Gasteiger partial charge in [0.05, 0.1) is 15.5 Å². The van der Waals surface area contributed by atoms with E-state index in [-0.39, 0.29) is 18.0 Å². The summed E-state index contributed by atoms with van der Waals surface area (Å²) < 4.78 is 5.58. The van der Waals surface area contributed by atoms with Crippen LogP contribution >= 0.6 is 22.7 Å². The van der Waals surface area contributed by atoms with Gasteiger partial charge in [0, 0.05) is 11.4 Å². The minimum atomic E-state index is -0.430. The molecule has 1 aromatic carbocycles. The van der Waals surface area contributed by atoms with Crippen LogP contribution in [0.3, 0.4) is 0 Å². The first-order valence-electron chi connectivity index (χ1n) is 6.49. The summed E-state index contributed by atoms with van der Waals surface area (Å²) in [6, 6.07) is 8.92. The predicted molar refractivity (Wildman–Crippen MR) is 87.6 cm³/mol. The van der Waals surface area contributed by atoms with Crippen molar-refractivity contribution in [1.29, 1.82) is 0 Å². The number of ether oxygens (including phenoxy) is 1. The lowest BCUT2D eigenvalue weighted by atomic mass is 10.2. The van der Waals surface area contributed by atoms with Crippen molar-refractivity contribution in [3.05, 3.63) is 62.5 Å². The lowest BCUT2D eigenvalue weighted by molar-refractivity contribution is -0.386. The van der Waals surface area contributed by atoms with Crippen LogP contribution in [0.2, 0.25) is 0 Å². The van der Waals surface area contributed by atoms with Gasteiger partial charge in [-0.2, -0.15) is 0 Å². The highest BCUT2D eigenvalue weighted by Crippen LogP contribution is 2.30. The molecule has 0 fully saturated rings. The van der Waals surface area contributed by atoms with Crippen molar-refractivity contribution in [2.24, 2.45) is 0 Å². The molecule has 0 spiro atoms. The van der Waals surface area contributed by atoms with Gasteiger partial charge in [-0.25, -0.2) is 4.98 Å². The van der Waals surface area contributed by atoms with Gasteiger partial charge in [-0.15, -0.1) is 22.7 Å². The number of rotatable bonds is 5. The maximum atomic E-state index is 11.1. The Bertz CT molecular complexity index is 797. The zero-order valence-corrected chi connectivity index (χ0v) is 13.3. The van der Waals surface area contributed by atoms with Crippen molar-refractivity contribution < 1.29 is 9.66 Å². The Hall–Kier alpha value is -2.25. The molecule has 0 N–H and O–H groups in total. The van der Waals surface area contributed by atoms with Gasteiger partial charge in [0.25, 0.3) is 0 Å². The molecule has 0 saturated carbocycles. The summed E-state index contributed by atoms with van der Waals surface area (Å²) in [7, 11) is 0. The Labute approximate surface area is 135 Å². The molecule has 2 heterocycles. The van der Waals surface area contributed by atoms with Crippen LogP contribution in [-0.4, -0.2) is 9.91 Å². The Morgan fingerprint density at radius 3 is 2.91 bits per heavy atom. The smallest absolute Gasteiger partial charge is 0.311 e. The van der Waals surface area contributed by atoms with E-state index in [1.54, 1.807) is 34.8 Å². The number of nitro benzene ring substituents is 1. The summed E-state index contributed by atoms with van der Waals surface area (Å²) in [5.41, 5.74) is 1.57. The van der Waals surface area contributed by atoms with Crippen LogP contribution in [0.15, 0.2) is 41.1 Å². The number of nitro groups is 1. The Morgan fingerprint density at radius 2 is 2.18 bits per heavy atom. The van der Waals surface area contributed by atoms with E-state index in [4.69, 9.17) is 4.74 Å². The number of thiophene rings is 1. The molecule has 2 aromatic heterocycles. The molecule has 0 atom stereocenters. The van der Waals surface area contributed by atoms with Gasteiger partial charge in [0.2, 0.25) is 0 Å². The topological polar surface area (TPSA) is 65.3 Å². The molecule has 3 aromatic rings. The van der Waals surface area contributed by atoms with Crippen LogP contribution in [0.1, 0.15) is 11.3 Å². The van der Waals surface area contributed by atoms with Crippen molar-refractivity contribution in [2.75, 3.05) is 0 Å². The third-order valence-electron chi connectivity index (χ3n) is 2.97. The summed E-state index contributed by atoms with van der Waals surface area (Å²) in [5.74, 6) is 0.265. The molecule has 0 unspecified atom stereocenters. The van der Waals surface area contributed by atoms with Crippen LogP contribution in [-0.2, 0) is 6.61 Å². The van der Waals surface area contributed by atoms with E-state index in [1.807, 2.05) is 29.8 Å². The lowest BCUT2D eigenvalue weighted by Crippen LogP contribution is -1.99. The molecule has 0 aliphatic heterocycles. The molecular weight excluding hydrogens is 320 g/mol. The summed E-state index contributed by atoms with van der Waals surface area (Å²) >= 11 is 3.17. The highest BCUT2D eigenvalue weighted by Gasteiger charge is 2.15. The Kier molecular flexibility index (Phi) is 4.17. The van der Waals surface area contributed by atoms with Gasteiger partial charge in [0.15, 0.2) is 5.75 Å². The summed E-state index contributed by atoms with van der Waals surface area (Å²) in [5, 5.41) is 15.9. The van der Waals surface area contributed by atoms with Crippen LogP contribution in [0.4, 0.5) is 5.69 Å². The quantitative estimate of drug-likeness (QED) is 0.503. The molecule has 7 heteroatoms. The fourth-order valence-corrected chi connectivity index (χ4v) is 3.55. The summed E-state index contributed by atoms with van der Waals surface area (Å²) in [4.78, 5) is 16.2. The fourth-order valence-electron chi connectivity index (χ4n) is 1.93. The van der Waals surface area contributed by atoms with Crippen LogP contribution in [0.5, 0.6) is 5.75 Å². The van der Waals surface area contributed by atoms with Crippen molar-refractivity contribution in [3.8, 4) is 15.6 Å². The predicted octanol–water partition coefficient (Wildman–Crippen LogP) is 4.67. The van der Waals surface area contributed by atoms with E-state index in [2.05, 4.69) is 4.98 Å². The molecule has 0 aliphatic rings. The highest BCUT2D eigenvalue weighted by molar-refractivity contribution is 7.20. The molecule has 0 bridgehead atoms. The standard InChI is InChI=1S/C15H12N2O3S2/c1-10-4-5-13(12(7-10)17(18)19)20-8-11-9-22-15(16-11)14-3-2-6-21-14/h2-7,9H,8H2,1H3. The Morgan fingerprint density at radius 1 is 1.32 bits per heavy atom. The molecule has 0 aliphatic carbocycles. The molecule has 22 heavy (non-hydrogen) atoms. The zero-order chi connectivity index (χ0) is 15.5. The van der Waals surface area contributed by atoms with Crippen LogP contribution in [0, 0.1) is 17.0 Å². The SMILES string of the molecule is Cc1ccc(OCc2csc(-c3cccs3)n2)c([N+](=O)[O-])c1. The zero-order valence-electron chi connectivity index (χ0n) is 11.7. The number of aromatic nitrogens is 1. The second-order valence-corrected chi connectivity index (χ2v) is 6.44. The van der Waals surface area contributed by atoms with Gasteiger partial charge in [-0.3, -0.25) is 10.1 Å². The minimum Gasteiger partial charge on any atom is -0.480 e. The van der Waals surface area contributed by atoms with Gasteiger partial charge in [0.1, 0.15) is 11.6 Å². The average molecular weight is 332 g/mol. The largest absolute Gasteiger partial charge is 0.480 e. The van der Waals surface area contributed by atoms with Gasteiger partial charge >= 0.3 is 5.69 Å². The van der Waals surface area contributed by atoms with E-state index in [0.717, 1.165) is 21.1 Å². The number of thiazole rings is 1. The maximum absolute atomic E-state index is 11.1. The van der Waals surface area contributed by atoms with Gasteiger partial charge in [-0.1, -0.05) is 12.1 Å². The summed E-state index contributed by atoms with van der Waals surface area (Å²) in [6.07, 6.45) is 0. The maximum Gasteiger partial charge on any atom is 0.311 e. The second-order valence-electron chi connectivity index (χ2n) is 4.64. The molecule has 112 valence electrons. The monoisotopic (exact) mass is 332 g/mol. The Balaban J connectivity index is 1.74. The lowest BCUT2D eigenvalue weighted by Gasteiger charge is -2.05. The summed E-state index contributed by atoms with van der Waals surface area (Å²) in [6.45, 7) is 2.02. The van der Waals surface area contributed by atoms with E-state index in [0.29, 0.717) is 0 Å². The number of benzene rings is 1. The first-order chi connectivity index (χ1) is 10.6. The molecule has 5 nitrogen and oxygen atoms in total. The fraction of sp³-hybridized carbons (Fsp3) is 0.133. The minimum absolute atomic E-state index is 0.0197. The second kappa shape index (κ2) is 6.25. The average Bonchev–Trinajstić information content (AvgIpc) is 3.16. The number of aryl methyl sites for hydroxylation is 1. The van der Waals surface area contributed by atoms with Crippen molar-refractivity contribution in [2.45, 2.75) is 13.5 Å². The van der Waals surface area contributed by atoms with Crippen molar-refractivity contribution >= 4 is 28.4 Å². The van der Waals surface area contributed by atoms with Gasteiger partial charge in [-0.05, 0) is 30.0 Å². The van der Waals surface area contributed by atoms with Crippen LogP contribution in [0.25, 0.3) is 9.88 Å². The number of hydrogen-bond donors (Lipinski definition) is 0. The van der Waals surface area contributed by atoms with Crippen LogP contribution < -0.4 is 4.74 Å². The van der Waals surface area contributed by atoms with Crippen molar-refractivity contribution in [3.63, 3.8) is 0 Å². The van der Waals surface area contributed by atoms with Crippen molar-refractivity contribution in [1.82, 2.24) is 4.98 Å². The van der Waals surface area contributed by atoms with Gasteiger partial charge < -0.3 is 4.74 Å². The molecule has 0 radical (unpaired) electrons. The highest BCUT2D eigenvalue weighted by atomic mass is 32.1. The van der Waals surface area contributed by atoms with E-state index < -0.39 is 4.92 Å². The number of nitrogens with zero attached hydrogens (tertiary/aromatic N) is 2. The molecule has 0 amide bonds. The van der Waals surface area contributed by atoms with E-state index in [1.165, 1.54) is 6.07 Å². The normalized spacial score (nSPS) is 10.6. The molecule has 0 saturated heterocycles. The van der Waals surface area contributed by atoms with E-state index >= 15 is 0 Å². The van der Waals surface area contributed by atoms with E-state index in [9.17, 15) is 10.1 Å². The first kappa shape index (κ1) is 14.7. The third-order valence-corrected chi connectivity index (χ3v) is 4.90. The molecular formula is C15H12N2O3S2.